The largest absolute Gasteiger partial charge is 0.469 e. The molecule has 0 unspecified atom stereocenters. The second-order valence-electron chi connectivity index (χ2n) is 10.5. The van der Waals surface area contributed by atoms with E-state index in [-0.39, 0.29) is 24.3 Å². The van der Waals surface area contributed by atoms with Gasteiger partial charge in [0.15, 0.2) is 0 Å². The van der Waals surface area contributed by atoms with E-state index < -0.39 is 12.1 Å². The highest BCUT2D eigenvalue weighted by Crippen LogP contribution is 2.32. The lowest BCUT2D eigenvalue weighted by Crippen LogP contribution is -2.31. The molecule has 2 aromatic carbocycles. The number of aromatic nitrogens is 6. The van der Waals surface area contributed by atoms with Crippen LogP contribution in [-0.2, 0) is 30.3 Å². The van der Waals surface area contributed by atoms with Gasteiger partial charge in [-0.05, 0) is 59.2 Å². The van der Waals surface area contributed by atoms with Crippen molar-refractivity contribution in [1.82, 2.24) is 35.5 Å². The van der Waals surface area contributed by atoms with Crippen LogP contribution in [0.4, 0.5) is 5.69 Å². The molecule has 4 aromatic rings. The van der Waals surface area contributed by atoms with Gasteiger partial charge in [-0.25, -0.2) is 9.78 Å². The average molecular weight is 633 g/mol. The molecule has 13 nitrogen and oxygen atoms in total. The van der Waals surface area contributed by atoms with Crippen molar-refractivity contribution in [3.8, 4) is 16.9 Å². The van der Waals surface area contributed by atoms with Crippen LogP contribution in [0.15, 0.2) is 55.0 Å². The number of halogens is 1. The highest BCUT2D eigenvalue weighted by molar-refractivity contribution is 6.30. The van der Waals surface area contributed by atoms with Crippen molar-refractivity contribution in [2.45, 2.75) is 50.6 Å². The minimum Gasteiger partial charge on any atom is -0.469 e. The summed E-state index contributed by atoms with van der Waals surface area (Å²) in [5.41, 5.74) is 4.12. The van der Waals surface area contributed by atoms with Crippen molar-refractivity contribution in [2.75, 3.05) is 19.5 Å². The number of H-pyrrole nitrogens is 1. The lowest BCUT2D eigenvalue weighted by Gasteiger charge is -2.20. The van der Waals surface area contributed by atoms with Crippen LogP contribution in [0.25, 0.3) is 23.0 Å². The summed E-state index contributed by atoms with van der Waals surface area (Å²) < 4.78 is 11.4. The monoisotopic (exact) mass is 632 g/mol. The van der Waals surface area contributed by atoms with Crippen LogP contribution in [0, 0.1) is 0 Å². The second kappa shape index (κ2) is 14.6. The molecule has 14 heteroatoms. The number of nitrogens with zero attached hydrogens (tertiary/aromatic N) is 5. The third-order valence-electron chi connectivity index (χ3n) is 7.49. The van der Waals surface area contributed by atoms with E-state index in [2.05, 4.69) is 36.1 Å². The Labute approximate surface area is 264 Å². The van der Waals surface area contributed by atoms with Crippen molar-refractivity contribution in [3.63, 3.8) is 0 Å². The molecular weight excluding hydrogens is 600 g/mol. The molecule has 3 N–H and O–H groups in total. The average Bonchev–Trinajstić information content (AvgIpc) is 3.75. The topological polar surface area (TPSA) is 166 Å². The summed E-state index contributed by atoms with van der Waals surface area (Å²) in [6.07, 6.45) is 9.85. The maximum absolute atomic E-state index is 13.2. The van der Waals surface area contributed by atoms with Crippen LogP contribution in [0.1, 0.15) is 55.1 Å². The molecule has 2 atom stereocenters. The second-order valence-corrected chi connectivity index (χ2v) is 11.0. The molecule has 0 saturated heterocycles. The zero-order valence-electron chi connectivity index (χ0n) is 24.8. The minimum atomic E-state index is -0.587. The normalized spacial score (nSPS) is 16.8. The first-order chi connectivity index (χ1) is 21.8. The number of fused-ring (bicyclic) bond motifs is 4. The summed E-state index contributed by atoms with van der Waals surface area (Å²) in [4.78, 5) is 45.8. The zero-order valence-corrected chi connectivity index (χ0v) is 25.6. The van der Waals surface area contributed by atoms with Gasteiger partial charge in [0.05, 0.1) is 44.3 Å². The fraction of sp³-hybridized carbons (Fsp3) is 0.323. The maximum atomic E-state index is 13.2. The first-order valence-electron chi connectivity index (χ1n) is 14.5. The number of methoxy groups -OCH3 is 2. The molecule has 234 valence electrons. The van der Waals surface area contributed by atoms with E-state index in [0.29, 0.717) is 46.3 Å². The molecule has 1 amide bonds. The number of benzene rings is 2. The number of nitrogens with one attached hydrogen (secondary N) is 3. The fourth-order valence-electron chi connectivity index (χ4n) is 5.20. The number of ether oxygens (including phenoxy) is 2. The number of esters is 2. The lowest BCUT2D eigenvalue weighted by molar-refractivity contribution is -0.142. The van der Waals surface area contributed by atoms with E-state index in [1.165, 1.54) is 31.3 Å². The molecule has 0 fully saturated rings. The van der Waals surface area contributed by atoms with Crippen LogP contribution in [0.5, 0.6) is 0 Å². The van der Waals surface area contributed by atoms with Gasteiger partial charge >= 0.3 is 11.9 Å². The van der Waals surface area contributed by atoms with Crippen LogP contribution in [0.3, 0.4) is 0 Å². The van der Waals surface area contributed by atoms with Gasteiger partial charge in [-0.3, -0.25) is 9.59 Å². The molecule has 45 heavy (non-hydrogen) atoms. The highest BCUT2D eigenvalue weighted by Gasteiger charge is 2.24. The molecular formula is C31H33ClN8O5. The Hall–Kier alpha value is -5.04. The summed E-state index contributed by atoms with van der Waals surface area (Å²) in [5, 5.41) is 18.2. The smallest absolute Gasteiger partial charge is 0.328 e. The van der Waals surface area contributed by atoms with Crippen LogP contribution >= 0.6 is 11.6 Å². The fourth-order valence-corrected chi connectivity index (χ4v) is 5.38. The third kappa shape index (κ3) is 7.92. The van der Waals surface area contributed by atoms with Gasteiger partial charge in [0, 0.05) is 27.9 Å². The summed E-state index contributed by atoms with van der Waals surface area (Å²) >= 11 is 6.22. The number of carbonyl (C=O) groups excluding carboxylic acids is 3. The van der Waals surface area contributed by atoms with Crippen LogP contribution in [0.2, 0.25) is 5.02 Å². The maximum Gasteiger partial charge on any atom is 0.328 e. The minimum absolute atomic E-state index is 0.0800. The number of carbonyl (C=O) groups is 3. The number of hydrogen-bond donors (Lipinski definition) is 3. The van der Waals surface area contributed by atoms with Crippen molar-refractivity contribution >= 4 is 41.2 Å². The Morgan fingerprint density at radius 3 is 2.71 bits per heavy atom. The van der Waals surface area contributed by atoms with E-state index >= 15 is 0 Å². The van der Waals surface area contributed by atoms with Gasteiger partial charge in [0.2, 0.25) is 5.91 Å². The molecule has 0 saturated carbocycles. The molecule has 3 heterocycles. The van der Waals surface area contributed by atoms with E-state index in [1.54, 1.807) is 30.5 Å². The number of hydrogen-bond acceptors (Lipinski definition) is 10. The standard InChI is InChI=1S/C31H33ClN8O5/c1-44-29(42)15-19-8-11-22-25(14-19)35-24(31(43)45-2)7-5-3-4-6-23(30-33-17-26(22)37-30)36-28(41)13-9-20-16-21(32)10-12-27(20)40-18-34-38-39-40/h8-14,16-18,23-24,35H,3-7,15H2,1-2H3,(H,33,37)(H,36,41)/b13-9+/t23-,24-/m0/s1. The van der Waals surface area contributed by atoms with Gasteiger partial charge in [0.1, 0.15) is 18.2 Å². The van der Waals surface area contributed by atoms with E-state index in [1.807, 2.05) is 18.2 Å². The van der Waals surface area contributed by atoms with Crippen molar-refractivity contribution in [2.24, 2.45) is 0 Å². The van der Waals surface area contributed by atoms with Gasteiger partial charge in [0.25, 0.3) is 0 Å². The van der Waals surface area contributed by atoms with E-state index in [0.717, 1.165) is 30.4 Å². The predicted molar refractivity (Wildman–Crippen MR) is 166 cm³/mol. The Morgan fingerprint density at radius 2 is 1.93 bits per heavy atom. The molecule has 5 rings (SSSR count). The predicted octanol–water partition coefficient (Wildman–Crippen LogP) is 4.21. The first kappa shape index (κ1) is 31.4. The Balaban J connectivity index is 1.41. The van der Waals surface area contributed by atoms with Gasteiger partial charge in [-0.1, -0.05) is 43.0 Å². The Morgan fingerprint density at radius 1 is 1.09 bits per heavy atom. The summed E-state index contributed by atoms with van der Waals surface area (Å²) in [5.74, 6) is -0.468. The van der Waals surface area contributed by atoms with Crippen molar-refractivity contribution in [1.29, 1.82) is 0 Å². The summed E-state index contributed by atoms with van der Waals surface area (Å²) in [6.45, 7) is 0. The SMILES string of the molecule is COC(=O)Cc1ccc2c(c1)N[C@H](C(=O)OC)CCCCC[C@H](NC(=O)/C=C/c1cc(Cl)ccc1-n1cnnn1)c1ncc-2[nH]1. The van der Waals surface area contributed by atoms with Crippen LogP contribution < -0.4 is 10.6 Å². The molecule has 2 bridgehead atoms. The quantitative estimate of drug-likeness (QED) is 0.198. The summed E-state index contributed by atoms with van der Waals surface area (Å²) in [7, 11) is 2.70. The molecule has 1 aliphatic heterocycles. The lowest BCUT2D eigenvalue weighted by atomic mass is 10.0. The van der Waals surface area contributed by atoms with Gasteiger partial charge in [-0.15, -0.1) is 5.10 Å². The van der Waals surface area contributed by atoms with Crippen molar-refractivity contribution < 1.29 is 23.9 Å². The molecule has 0 radical (unpaired) electrons. The number of amides is 1. The molecule has 1 aliphatic rings. The number of imidazole rings is 1. The van der Waals surface area contributed by atoms with Gasteiger partial charge in [-0.2, -0.15) is 4.68 Å². The molecule has 0 spiro atoms. The number of anilines is 1. The van der Waals surface area contributed by atoms with E-state index in [4.69, 9.17) is 21.1 Å². The van der Waals surface area contributed by atoms with Gasteiger partial charge < -0.3 is 25.1 Å². The number of aromatic amines is 1. The number of rotatable bonds is 7. The third-order valence-corrected chi connectivity index (χ3v) is 7.73. The first-order valence-corrected chi connectivity index (χ1v) is 14.8. The Bertz CT molecular complexity index is 1690. The highest BCUT2D eigenvalue weighted by atomic mass is 35.5. The zero-order chi connectivity index (χ0) is 31.8. The van der Waals surface area contributed by atoms with E-state index in [9.17, 15) is 14.4 Å². The number of tetrazole rings is 1. The molecule has 2 aromatic heterocycles. The van der Waals surface area contributed by atoms with Crippen LogP contribution in [-0.4, -0.2) is 68.3 Å². The summed E-state index contributed by atoms with van der Waals surface area (Å²) in [6, 6.07) is 9.74. The molecule has 0 aliphatic carbocycles. The van der Waals surface area contributed by atoms with Crippen molar-refractivity contribution in [3.05, 3.63) is 77.0 Å². The Kier molecular flexibility index (Phi) is 10.2.